The van der Waals surface area contributed by atoms with Gasteiger partial charge in [-0.25, -0.2) is 15.2 Å². The fourth-order valence-corrected chi connectivity index (χ4v) is 3.88. The van der Waals surface area contributed by atoms with E-state index in [9.17, 15) is 14.1 Å². The molecule has 0 bridgehead atoms. The summed E-state index contributed by atoms with van der Waals surface area (Å²) < 4.78 is 16.6. The summed E-state index contributed by atoms with van der Waals surface area (Å²) in [6.07, 6.45) is 5.13. The first kappa shape index (κ1) is 21.8. The van der Waals surface area contributed by atoms with Crippen molar-refractivity contribution >= 4 is 16.9 Å². The molecule has 170 valence electrons. The number of unbranched alkanes of at least 4 members (excludes halogenated alkanes) is 2. The third kappa shape index (κ3) is 4.45. The van der Waals surface area contributed by atoms with E-state index in [0.717, 1.165) is 24.8 Å². The highest BCUT2D eigenvalue weighted by molar-refractivity contribution is 5.70. The normalized spacial score (nSPS) is 13.8. The van der Waals surface area contributed by atoms with Crippen LogP contribution < -0.4 is 22.4 Å². The van der Waals surface area contributed by atoms with Crippen LogP contribution in [-0.2, 0) is 25.9 Å². The summed E-state index contributed by atoms with van der Waals surface area (Å²) in [4.78, 5) is 33.9. The molecule has 4 rings (SSSR count). The van der Waals surface area contributed by atoms with Crippen LogP contribution in [0.2, 0.25) is 0 Å². The Bertz CT molecular complexity index is 1240. The van der Waals surface area contributed by atoms with Gasteiger partial charge in [-0.2, -0.15) is 0 Å². The zero-order valence-corrected chi connectivity index (χ0v) is 18.1. The minimum atomic E-state index is -0.390. The molecular formula is C22H28FN7O2. The molecule has 0 saturated carbocycles. The zero-order valence-electron chi connectivity index (χ0n) is 18.1. The van der Waals surface area contributed by atoms with Crippen LogP contribution in [0.25, 0.3) is 11.2 Å². The van der Waals surface area contributed by atoms with E-state index in [0.29, 0.717) is 54.1 Å². The Labute approximate surface area is 184 Å². The number of nitrogens with two attached hydrogens (primary N) is 1. The van der Waals surface area contributed by atoms with Gasteiger partial charge in [0.05, 0.1) is 5.70 Å². The van der Waals surface area contributed by atoms with Gasteiger partial charge in [-0.15, -0.1) is 5.23 Å². The number of imidazole rings is 1. The lowest BCUT2D eigenvalue weighted by Crippen LogP contribution is -2.40. The Balaban J connectivity index is 1.72. The molecule has 0 unspecified atom stereocenters. The molecule has 0 aliphatic carbocycles. The van der Waals surface area contributed by atoms with Crippen LogP contribution >= 0.6 is 0 Å². The molecule has 0 amide bonds. The first-order valence-corrected chi connectivity index (χ1v) is 10.9. The molecule has 2 aromatic heterocycles. The van der Waals surface area contributed by atoms with Crippen LogP contribution in [0.3, 0.4) is 0 Å². The quantitative estimate of drug-likeness (QED) is 0.266. The topological polar surface area (TPSA) is 114 Å². The van der Waals surface area contributed by atoms with Crippen molar-refractivity contribution in [2.24, 2.45) is 0 Å². The maximum absolute atomic E-state index is 13.8. The van der Waals surface area contributed by atoms with E-state index in [1.54, 1.807) is 6.08 Å². The van der Waals surface area contributed by atoms with Crippen molar-refractivity contribution in [2.45, 2.75) is 52.1 Å². The summed E-state index contributed by atoms with van der Waals surface area (Å²) in [7, 11) is 0. The zero-order chi connectivity index (χ0) is 22.7. The SMILES string of the molecule is CCCCCn1c(=O)c2[nH]c(CC3=CCNN3F)nc2n(CCc2ccc(N)cc2)c1=O. The van der Waals surface area contributed by atoms with Crippen molar-refractivity contribution in [3.63, 3.8) is 0 Å². The van der Waals surface area contributed by atoms with Gasteiger partial charge < -0.3 is 10.7 Å². The number of hydrazine groups is 1. The number of fused-ring (bicyclic) bond motifs is 1. The van der Waals surface area contributed by atoms with Gasteiger partial charge in [0.15, 0.2) is 5.65 Å². The standard InChI is InChI=1S/C22H28FN7O2/c1-2-3-4-12-29-21(31)19-20(27-18(26-19)14-17-9-11-25-30(17)23)28(22(29)32)13-10-15-5-7-16(24)8-6-15/h5-9,25H,2-4,10-14,24H2,1H3,(H,26,27). The van der Waals surface area contributed by atoms with Gasteiger partial charge in [0.25, 0.3) is 5.56 Å². The van der Waals surface area contributed by atoms with Crippen LogP contribution in [0.4, 0.5) is 10.2 Å². The smallest absolute Gasteiger partial charge is 0.332 e. The number of nitrogens with one attached hydrogen (secondary N) is 2. The predicted octanol–water partition coefficient (Wildman–Crippen LogP) is 2.03. The number of nitrogen functional groups attached to an aromatic ring is 1. The second-order valence-corrected chi connectivity index (χ2v) is 7.99. The number of aromatic nitrogens is 4. The molecule has 1 aliphatic heterocycles. The van der Waals surface area contributed by atoms with E-state index >= 15 is 0 Å². The van der Waals surface area contributed by atoms with Gasteiger partial charge in [0.2, 0.25) is 0 Å². The number of H-pyrrole nitrogens is 1. The highest BCUT2D eigenvalue weighted by Gasteiger charge is 2.20. The number of halogens is 1. The number of hydrogen-bond donors (Lipinski definition) is 3. The first-order valence-electron chi connectivity index (χ1n) is 10.9. The highest BCUT2D eigenvalue weighted by Crippen LogP contribution is 2.15. The van der Waals surface area contributed by atoms with Crippen molar-refractivity contribution in [1.29, 1.82) is 0 Å². The molecule has 0 atom stereocenters. The number of rotatable bonds is 9. The Morgan fingerprint density at radius 1 is 1.12 bits per heavy atom. The molecule has 0 saturated heterocycles. The Morgan fingerprint density at radius 3 is 2.59 bits per heavy atom. The van der Waals surface area contributed by atoms with Gasteiger partial charge >= 0.3 is 5.69 Å². The lowest BCUT2D eigenvalue weighted by atomic mass is 10.1. The van der Waals surface area contributed by atoms with Gasteiger partial charge in [0, 0.05) is 31.7 Å². The van der Waals surface area contributed by atoms with Crippen LogP contribution in [0.1, 0.15) is 37.6 Å². The van der Waals surface area contributed by atoms with Crippen molar-refractivity contribution in [1.82, 2.24) is 29.8 Å². The molecular weight excluding hydrogens is 413 g/mol. The van der Waals surface area contributed by atoms with E-state index < -0.39 is 0 Å². The molecule has 1 aliphatic rings. The van der Waals surface area contributed by atoms with E-state index in [4.69, 9.17) is 5.73 Å². The Morgan fingerprint density at radius 2 is 1.91 bits per heavy atom. The van der Waals surface area contributed by atoms with Crippen molar-refractivity contribution < 1.29 is 4.48 Å². The molecule has 3 heterocycles. The fraction of sp³-hybridized carbons (Fsp3) is 0.409. The molecule has 3 aromatic rings. The van der Waals surface area contributed by atoms with Crippen molar-refractivity contribution in [2.75, 3.05) is 12.3 Å². The number of aromatic amines is 1. The summed E-state index contributed by atoms with van der Waals surface area (Å²) in [5.41, 5.74) is 10.2. The second kappa shape index (κ2) is 9.39. The molecule has 32 heavy (non-hydrogen) atoms. The molecule has 0 spiro atoms. The maximum Gasteiger partial charge on any atom is 0.332 e. The summed E-state index contributed by atoms with van der Waals surface area (Å²) in [6, 6.07) is 7.47. The molecule has 10 heteroatoms. The first-order chi connectivity index (χ1) is 15.5. The number of anilines is 1. The second-order valence-electron chi connectivity index (χ2n) is 7.99. The predicted molar refractivity (Wildman–Crippen MR) is 121 cm³/mol. The van der Waals surface area contributed by atoms with Crippen molar-refractivity contribution in [3.8, 4) is 0 Å². The maximum atomic E-state index is 13.8. The Hall–Kier alpha value is -3.40. The number of nitrogens with zero attached hydrogens (tertiary/aromatic N) is 4. The largest absolute Gasteiger partial charge is 0.399 e. The molecule has 0 radical (unpaired) electrons. The summed E-state index contributed by atoms with van der Waals surface area (Å²) in [5.74, 6) is 0.432. The summed E-state index contributed by atoms with van der Waals surface area (Å²) >= 11 is 0. The lowest BCUT2D eigenvalue weighted by Gasteiger charge is -2.11. The van der Waals surface area contributed by atoms with E-state index in [1.165, 1.54) is 9.13 Å². The molecule has 0 fully saturated rings. The highest BCUT2D eigenvalue weighted by atomic mass is 19.2. The third-order valence-corrected chi connectivity index (χ3v) is 5.67. The average Bonchev–Trinajstić information content (AvgIpc) is 3.38. The van der Waals surface area contributed by atoms with Crippen LogP contribution in [0.5, 0.6) is 0 Å². The third-order valence-electron chi connectivity index (χ3n) is 5.67. The average molecular weight is 442 g/mol. The van der Waals surface area contributed by atoms with Gasteiger partial charge in [-0.1, -0.05) is 36.4 Å². The minimum Gasteiger partial charge on any atom is -0.399 e. The van der Waals surface area contributed by atoms with Crippen molar-refractivity contribution in [3.05, 3.63) is 68.3 Å². The number of allylic oxidation sites excluding steroid dienone is 1. The fourth-order valence-electron chi connectivity index (χ4n) is 3.88. The lowest BCUT2D eigenvalue weighted by molar-refractivity contribution is 0.0246. The van der Waals surface area contributed by atoms with Gasteiger partial charge in [0.1, 0.15) is 11.3 Å². The summed E-state index contributed by atoms with van der Waals surface area (Å²) in [6.45, 7) is 3.17. The molecule has 1 aromatic carbocycles. The number of benzene rings is 1. The Kier molecular flexibility index (Phi) is 6.40. The number of hydrogen-bond acceptors (Lipinski definition) is 6. The van der Waals surface area contributed by atoms with E-state index in [-0.39, 0.29) is 23.2 Å². The number of aryl methyl sites for hydroxylation is 2. The van der Waals surface area contributed by atoms with Crippen LogP contribution in [-0.4, -0.2) is 30.9 Å². The van der Waals surface area contributed by atoms with E-state index in [2.05, 4.69) is 22.3 Å². The monoisotopic (exact) mass is 441 g/mol. The molecule has 9 nitrogen and oxygen atoms in total. The van der Waals surface area contributed by atoms with Crippen LogP contribution in [0.15, 0.2) is 45.6 Å². The molecule has 4 N–H and O–H groups in total. The van der Waals surface area contributed by atoms with E-state index in [1.807, 2.05) is 24.3 Å². The summed E-state index contributed by atoms with van der Waals surface area (Å²) in [5, 5.41) is 0.449. The van der Waals surface area contributed by atoms with Gasteiger partial charge in [-0.3, -0.25) is 13.9 Å². The minimum absolute atomic E-state index is 0.180. The van der Waals surface area contributed by atoms with Crippen LogP contribution in [0, 0.1) is 0 Å². The van der Waals surface area contributed by atoms with Gasteiger partial charge in [-0.05, 0) is 36.6 Å².